The smallest absolute Gasteiger partial charge is 0.0133 e. The highest BCUT2D eigenvalue weighted by Gasteiger charge is 1.82. The molecule has 0 heterocycles. The van der Waals surface area contributed by atoms with Crippen molar-refractivity contribution in [2.24, 2.45) is 0 Å². The summed E-state index contributed by atoms with van der Waals surface area (Å²) in [7, 11) is 0. The van der Waals surface area contributed by atoms with Gasteiger partial charge in [-0.15, -0.1) is 0 Å². The molecule has 14 heavy (non-hydrogen) atoms. The van der Waals surface area contributed by atoms with Gasteiger partial charge in [0.2, 0.25) is 0 Å². The van der Waals surface area contributed by atoms with Gasteiger partial charge in [-0.1, -0.05) is 48.6 Å². The molecule has 0 aliphatic heterocycles. The first-order valence-electron chi connectivity index (χ1n) is 5.45. The number of hydrogen-bond donors (Lipinski definition) is 0. The Morgan fingerprint density at radius 3 is 2.29 bits per heavy atom. The second-order valence-corrected chi connectivity index (χ2v) is 3.39. The third-order valence-electron chi connectivity index (χ3n) is 2.11. The van der Waals surface area contributed by atoms with Gasteiger partial charge in [0.25, 0.3) is 0 Å². The van der Waals surface area contributed by atoms with Crippen LogP contribution in [0.2, 0.25) is 0 Å². The first kappa shape index (κ1) is 11.0. The van der Waals surface area contributed by atoms with E-state index in [4.69, 9.17) is 0 Å². The summed E-state index contributed by atoms with van der Waals surface area (Å²) in [6, 6.07) is 0. The van der Waals surface area contributed by atoms with E-state index >= 15 is 0 Å². The first-order valence-corrected chi connectivity index (χ1v) is 5.45. The highest BCUT2D eigenvalue weighted by molar-refractivity contribution is 5.08. The van der Waals surface area contributed by atoms with Crippen LogP contribution in [0.4, 0.5) is 0 Å². The normalized spacial score (nSPS) is 19.4. The predicted molar refractivity (Wildman–Crippen MR) is 63.9 cm³/mol. The van der Waals surface area contributed by atoms with Gasteiger partial charge in [-0.25, -0.2) is 0 Å². The molecule has 0 aromatic heterocycles. The van der Waals surface area contributed by atoms with Crippen molar-refractivity contribution >= 4 is 0 Å². The average molecular weight is 187 g/mol. The van der Waals surface area contributed by atoms with Crippen LogP contribution in [0.25, 0.3) is 0 Å². The Hall–Kier alpha value is -1.04. The minimum Gasteiger partial charge on any atom is -0.0882 e. The molecule has 1 aliphatic carbocycles. The Kier molecular flexibility index (Phi) is 6.74. The summed E-state index contributed by atoms with van der Waals surface area (Å²) in [5, 5.41) is 0. The SMILES string of the molecule is [CH]1C=CCCCC=CCC=CC=CC1. The summed E-state index contributed by atoms with van der Waals surface area (Å²) in [4.78, 5) is 0. The molecular formula is C14H19. The van der Waals surface area contributed by atoms with Gasteiger partial charge in [0, 0.05) is 0 Å². The Bertz CT molecular complexity index is 228. The molecule has 0 spiro atoms. The highest BCUT2D eigenvalue weighted by atomic mass is 13.9. The van der Waals surface area contributed by atoms with Gasteiger partial charge >= 0.3 is 0 Å². The fourth-order valence-electron chi connectivity index (χ4n) is 1.31. The standard InChI is InChI=1S/C14H19/c1-2-4-6-8-10-12-14-13-11-9-7-5-3-1/h1-4,7-11H,5-6,12-14H2. The summed E-state index contributed by atoms with van der Waals surface area (Å²) in [6.45, 7) is 0. The first-order chi connectivity index (χ1) is 7.00. The van der Waals surface area contributed by atoms with E-state index in [0.29, 0.717) is 0 Å². The molecule has 0 amide bonds. The largest absolute Gasteiger partial charge is 0.0882 e. The molecule has 0 saturated heterocycles. The van der Waals surface area contributed by atoms with Gasteiger partial charge in [0.1, 0.15) is 0 Å². The lowest BCUT2D eigenvalue weighted by Crippen LogP contribution is -1.72. The molecule has 0 heteroatoms. The fourth-order valence-corrected chi connectivity index (χ4v) is 1.31. The third-order valence-corrected chi connectivity index (χ3v) is 2.11. The maximum absolute atomic E-state index is 2.28. The zero-order valence-electron chi connectivity index (χ0n) is 8.73. The quantitative estimate of drug-likeness (QED) is 0.494. The molecule has 1 aliphatic rings. The van der Waals surface area contributed by atoms with E-state index in [1.807, 2.05) is 0 Å². The van der Waals surface area contributed by atoms with Crippen molar-refractivity contribution in [3.05, 3.63) is 55.0 Å². The molecular weight excluding hydrogens is 168 g/mol. The van der Waals surface area contributed by atoms with E-state index in [1.165, 1.54) is 19.3 Å². The second kappa shape index (κ2) is 8.55. The molecule has 0 fully saturated rings. The third kappa shape index (κ3) is 6.47. The molecule has 0 saturated carbocycles. The van der Waals surface area contributed by atoms with Crippen molar-refractivity contribution in [3.8, 4) is 0 Å². The van der Waals surface area contributed by atoms with Crippen LogP contribution in [-0.4, -0.2) is 0 Å². The van der Waals surface area contributed by atoms with Crippen molar-refractivity contribution in [3.63, 3.8) is 0 Å². The summed E-state index contributed by atoms with van der Waals surface area (Å²) in [5.74, 6) is 0. The van der Waals surface area contributed by atoms with E-state index in [1.54, 1.807) is 0 Å². The molecule has 0 nitrogen and oxygen atoms in total. The van der Waals surface area contributed by atoms with E-state index in [2.05, 4.69) is 55.0 Å². The van der Waals surface area contributed by atoms with Crippen LogP contribution < -0.4 is 0 Å². The van der Waals surface area contributed by atoms with E-state index in [-0.39, 0.29) is 0 Å². The van der Waals surface area contributed by atoms with E-state index in [0.717, 1.165) is 12.8 Å². The zero-order valence-corrected chi connectivity index (χ0v) is 8.73. The van der Waals surface area contributed by atoms with Gasteiger partial charge < -0.3 is 0 Å². The van der Waals surface area contributed by atoms with Gasteiger partial charge in [0.05, 0.1) is 0 Å². The second-order valence-electron chi connectivity index (χ2n) is 3.39. The number of rotatable bonds is 0. The maximum atomic E-state index is 2.28. The molecule has 0 N–H and O–H groups in total. The minimum absolute atomic E-state index is 1.04. The van der Waals surface area contributed by atoms with Crippen molar-refractivity contribution in [2.45, 2.75) is 32.1 Å². The molecule has 75 valence electrons. The van der Waals surface area contributed by atoms with Crippen LogP contribution in [0.3, 0.4) is 0 Å². The summed E-state index contributed by atoms with van der Waals surface area (Å²) in [6.07, 6.45) is 25.5. The van der Waals surface area contributed by atoms with E-state index < -0.39 is 0 Å². The number of allylic oxidation sites excluding steroid dienone is 8. The van der Waals surface area contributed by atoms with Gasteiger partial charge in [-0.3, -0.25) is 0 Å². The van der Waals surface area contributed by atoms with Gasteiger partial charge in [-0.2, -0.15) is 0 Å². The summed E-state index contributed by atoms with van der Waals surface area (Å²) < 4.78 is 0. The van der Waals surface area contributed by atoms with E-state index in [9.17, 15) is 0 Å². The van der Waals surface area contributed by atoms with Crippen molar-refractivity contribution in [1.82, 2.24) is 0 Å². The maximum Gasteiger partial charge on any atom is -0.0133 e. The van der Waals surface area contributed by atoms with Crippen molar-refractivity contribution in [1.29, 1.82) is 0 Å². The molecule has 0 unspecified atom stereocenters. The zero-order chi connectivity index (χ0) is 9.90. The van der Waals surface area contributed by atoms with Crippen LogP contribution in [0.1, 0.15) is 32.1 Å². The Morgan fingerprint density at radius 2 is 1.36 bits per heavy atom. The van der Waals surface area contributed by atoms with Crippen LogP contribution in [0.15, 0.2) is 48.6 Å². The lowest BCUT2D eigenvalue weighted by atomic mass is 10.2. The van der Waals surface area contributed by atoms with Gasteiger partial charge in [0.15, 0.2) is 0 Å². The lowest BCUT2D eigenvalue weighted by molar-refractivity contribution is 0.865. The highest BCUT2D eigenvalue weighted by Crippen LogP contribution is 2.01. The monoisotopic (exact) mass is 187 g/mol. The summed E-state index contributed by atoms with van der Waals surface area (Å²) in [5.41, 5.74) is 0. The Balaban J connectivity index is 2.35. The molecule has 0 atom stereocenters. The van der Waals surface area contributed by atoms with Crippen molar-refractivity contribution < 1.29 is 0 Å². The number of hydrogen-bond acceptors (Lipinski definition) is 0. The molecule has 0 aromatic rings. The summed E-state index contributed by atoms with van der Waals surface area (Å²) >= 11 is 0. The van der Waals surface area contributed by atoms with Crippen LogP contribution in [-0.2, 0) is 0 Å². The molecule has 0 bridgehead atoms. The minimum atomic E-state index is 1.04. The average Bonchev–Trinajstić information content (AvgIpc) is 2.22. The van der Waals surface area contributed by atoms with Crippen LogP contribution in [0, 0.1) is 6.42 Å². The predicted octanol–water partition coefficient (Wildman–Crippen LogP) is 4.38. The molecule has 0 aromatic carbocycles. The van der Waals surface area contributed by atoms with Gasteiger partial charge in [-0.05, 0) is 38.5 Å². The molecule has 1 rings (SSSR count). The molecule has 1 radical (unpaired) electrons. The lowest BCUT2D eigenvalue weighted by Gasteiger charge is -1.91. The van der Waals surface area contributed by atoms with Crippen LogP contribution in [0.5, 0.6) is 0 Å². The van der Waals surface area contributed by atoms with Crippen LogP contribution >= 0.6 is 0 Å². The Labute approximate surface area is 87.7 Å². The topological polar surface area (TPSA) is 0 Å². The fraction of sp³-hybridized carbons (Fsp3) is 0.357. The Morgan fingerprint density at radius 1 is 0.571 bits per heavy atom. The van der Waals surface area contributed by atoms with Crippen molar-refractivity contribution in [2.75, 3.05) is 0 Å².